The number of benzene rings is 1. The number of rotatable bonds is 8. The van der Waals surface area contributed by atoms with E-state index in [0.29, 0.717) is 18.8 Å². The number of hydrogen-bond donors (Lipinski definition) is 2. The van der Waals surface area contributed by atoms with E-state index in [1.165, 1.54) is 16.4 Å². The third-order valence-corrected chi connectivity index (χ3v) is 6.71. The summed E-state index contributed by atoms with van der Waals surface area (Å²) in [6.45, 7) is 3.03. The Kier molecular flexibility index (Phi) is 9.35. The van der Waals surface area contributed by atoms with Crippen molar-refractivity contribution in [3.8, 4) is 0 Å². The van der Waals surface area contributed by atoms with Gasteiger partial charge in [0.25, 0.3) is 0 Å². The minimum atomic E-state index is -3.50. The fourth-order valence-corrected chi connectivity index (χ4v) is 4.39. The zero-order valence-corrected chi connectivity index (χ0v) is 17.8. The molecule has 1 amide bonds. The van der Waals surface area contributed by atoms with Crippen LogP contribution in [0.5, 0.6) is 0 Å². The van der Waals surface area contributed by atoms with Gasteiger partial charge in [-0.25, -0.2) is 8.42 Å². The lowest BCUT2D eigenvalue weighted by molar-refractivity contribution is -0.137. The van der Waals surface area contributed by atoms with Gasteiger partial charge in [0, 0.05) is 25.3 Å². The standard InChI is InChI=1S/C18H27N3O5S.ClH/c1-14(20(2)13-10-17(22)23)18(24)19-15-6-8-16(9-7-15)27(25,26)21-11-4-3-5-12-21;/h6-9,14H,3-5,10-13H2,1-2H3,(H,19,24)(H,22,23);1H. The topological polar surface area (TPSA) is 107 Å². The van der Waals surface area contributed by atoms with Gasteiger partial charge >= 0.3 is 5.97 Å². The maximum atomic E-state index is 12.6. The number of hydrogen-bond acceptors (Lipinski definition) is 5. The summed E-state index contributed by atoms with van der Waals surface area (Å²) in [5.74, 6) is -1.20. The number of likely N-dealkylation sites (N-methyl/N-ethyl adjacent to an activating group) is 1. The van der Waals surface area contributed by atoms with Crippen LogP contribution in [0, 0.1) is 0 Å². The second-order valence-electron chi connectivity index (χ2n) is 6.78. The van der Waals surface area contributed by atoms with Crippen molar-refractivity contribution >= 4 is 40.0 Å². The predicted octanol–water partition coefficient (Wildman–Crippen LogP) is 2.02. The van der Waals surface area contributed by atoms with E-state index in [4.69, 9.17) is 5.11 Å². The molecular weight excluding hydrogens is 406 g/mol. The van der Waals surface area contributed by atoms with E-state index in [1.807, 2.05) is 0 Å². The zero-order chi connectivity index (χ0) is 20.0. The van der Waals surface area contributed by atoms with E-state index in [2.05, 4.69) is 5.32 Å². The van der Waals surface area contributed by atoms with Crippen molar-refractivity contribution in [2.75, 3.05) is 32.0 Å². The number of halogens is 1. The number of carbonyl (C=O) groups is 2. The summed E-state index contributed by atoms with van der Waals surface area (Å²) >= 11 is 0. The minimum Gasteiger partial charge on any atom is -0.481 e. The van der Waals surface area contributed by atoms with Crippen LogP contribution in [-0.4, -0.2) is 67.3 Å². The summed E-state index contributed by atoms with van der Waals surface area (Å²) in [6.07, 6.45) is 2.76. The fourth-order valence-electron chi connectivity index (χ4n) is 2.88. The molecule has 0 radical (unpaired) electrons. The molecule has 1 fully saturated rings. The third-order valence-electron chi connectivity index (χ3n) is 4.79. The molecule has 1 aliphatic rings. The second-order valence-corrected chi connectivity index (χ2v) is 8.72. The zero-order valence-electron chi connectivity index (χ0n) is 16.1. The summed E-state index contributed by atoms with van der Waals surface area (Å²) in [4.78, 5) is 24.8. The average molecular weight is 434 g/mol. The number of aliphatic carboxylic acids is 1. The Labute approximate surface area is 172 Å². The van der Waals surface area contributed by atoms with Crippen molar-refractivity contribution in [3.63, 3.8) is 0 Å². The van der Waals surface area contributed by atoms with Gasteiger partial charge in [0.15, 0.2) is 0 Å². The van der Waals surface area contributed by atoms with Gasteiger partial charge in [-0.1, -0.05) is 6.42 Å². The molecule has 1 aromatic rings. The third kappa shape index (κ3) is 6.44. The molecule has 10 heteroatoms. The average Bonchev–Trinajstić information content (AvgIpc) is 2.66. The van der Waals surface area contributed by atoms with Crippen LogP contribution in [0.4, 0.5) is 5.69 Å². The number of carboxylic acids is 1. The summed E-state index contributed by atoms with van der Waals surface area (Å²) in [7, 11) is -1.81. The van der Waals surface area contributed by atoms with Gasteiger partial charge in [-0.05, 0) is 51.1 Å². The van der Waals surface area contributed by atoms with E-state index in [9.17, 15) is 18.0 Å². The Morgan fingerprint density at radius 3 is 2.29 bits per heavy atom. The number of sulfonamides is 1. The second kappa shape index (κ2) is 10.8. The molecule has 0 aliphatic carbocycles. The van der Waals surface area contributed by atoms with Crippen LogP contribution in [0.2, 0.25) is 0 Å². The van der Waals surface area contributed by atoms with Crippen molar-refractivity contribution in [1.29, 1.82) is 0 Å². The molecule has 0 bridgehead atoms. The molecule has 0 aromatic heterocycles. The lowest BCUT2D eigenvalue weighted by Gasteiger charge is -2.26. The number of nitrogens with zero attached hydrogens (tertiary/aromatic N) is 2. The van der Waals surface area contributed by atoms with Crippen LogP contribution in [0.1, 0.15) is 32.6 Å². The first-order valence-electron chi connectivity index (χ1n) is 9.05. The van der Waals surface area contributed by atoms with Crippen molar-refractivity contribution in [2.45, 2.75) is 43.5 Å². The molecule has 1 aromatic carbocycles. The summed E-state index contributed by atoms with van der Waals surface area (Å²) < 4.78 is 26.8. The van der Waals surface area contributed by atoms with Gasteiger partial charge in [0.2, 0.25) is 15.9 Å². The van der Waals surface area contributed by atoms with Crippen LogP contribution >= 0.6 is 12.4 Å². The molecule has 2 rings (SSSR count). The Hall–Kier alpha value is -1.68. The van der Waals surface area contributed by atoms with Crippen molar-refractivity contribution in [2.24, 2.45) is 0 Å². The van der Waals surface area contributed by atoms with Gasteiger partial charge < -0.3 is 10.4 Å². The van der Waals surface area contributed by atoms with E-state index >= 15 is 0 Å². The molecular formula is C18H28ClN3O5S. The first kappa shape index (κ1) is 24.4. The number of carboxylic acid groups (broad SMARTS) is 1. The highest BCUT2D eigenvalue weighted by Gasteiger charge is 2.26. The normalized spacial score (nSPS) is 16.2. The Bertz CT molecular complexity index is 764. The van der Waals surface area contributed by atoms with Gasteiger partial charge in [-0.3, -0.25) is 14.5 Å². The molecule has 28 heavy (non-hydrogen) atoms. The number of amides is 1. The molecule has 1 heterocycles. The highest BCUT2D eigenvalue weighted by molar-refractivity contribution is 7.89. The summed E-state index contributed by atoms with van der Waals surface area (Å²) in [5.41, 5.74) is 0.496. The predicted molar refractivity (Wildman–Crippen MR) is 109 cm³/mol. The smallest absolute Gasteiger partial charge is 0.304 e. The van der Waals surface area contributed by atoms with Gasteiger partial charge in [0.05, 0.1) is 17.4 Å². The molecule has 0 saturated carbocycles. The largest absolute Gasteiger partial charge is 0.481 e. The summed E-state index contributed by atoms with van der Waals surface area (Å²) in [5, 5.41) is 11.5. The SMILES string of the molecule is CC(C(=O)Nc1ccc(S(=O)(=O)N2CCCCC2)cc1)N(C)CCC(=O)O.Cl. The van der Waals surface area contributed by atoms with Crippen molar-refractivity contribution in [1.82, 2.24) is 9.21 Å². The van der Waals surface area contributed by atoms with Crippen LogP contribution in [0.15, 0.2) is 29.2 Å². The molecule has 0 spiro atoms. The van der Waals surface area contributed by atoms with E-state index in [0.717, 1.165) is 19.3 Å². The Balaban J connectivity index is 0.00000392. The van der Waals surface area contributed by atoms with Gasteiger partial charge in [-0.15, -0.1) is 12.4 Å². The minimum absolute atomic E-state index is 0. The van der Waals surface area contributed by atoms with Gasteiger partial charge in [-0.2, -0.15) is 4.31 Å². The maximum Gasteiger partial charge on any atom is 0.304 e. The first-order valence-corrected chi connectivity index (χ1v) is 10.5. The number of piperidine rings is 1. The summed E-state index contributed by atoms with van der Waals surface area (Å²) in [6, 6.07) is 5.62. The molecule has 8 nitrogen and oxygen atoms in total. The number of nitrogens with one attached hydrogen (secondary N) is 1. The van der Waals surface area contributed by atoms with Crippen LogP contribution in [0.25, 0.3) is 0 Å². The molecule has 1 unspecified atom stereocenters. The lowest BCUT2D eigenvalue weighted by Crippen LogP contribution is -2.40. The maximum absolute atomic E-state index is 12.6. The van der Waals surface area contributed by atoms with Crippen LogP contribution in [-0.2, 0) is 19.6 Å². The van der Waals surface area contributed by atoms with E-state index < -0.39 is 22.0 Å². The highest BCUT2D eigenvalue weighted by Crippen LogP contribution is 2.22. The first-order chi connectivity index (χ1) is 12.7. The quantitative estimate of drug-likeness (QED) is 0.649. The van der Waals surface area contributed by atoms with E-state index in [1.54, 1.807) is 31.0 Å². The monoisotopic (exact) mass is 433 g/mol. The van der Waals surface area contributed by atoms with Crippen LogP contribution < -0.4 is 5.32 Å². The molecule has 158 valence electrons. The fraction of sp³-hybridized carbons (Fsp3) is 0.556. The number of carbonyl (C=O) groups excluding carboxylic acids is 1. The molecule has 1 atom stereocenters. The van der Waals surface area contributed by atoms with E-state index in [-0.39, 0.29) is 36.2 Å². The Morgan fingerprint density at radius 2 is 1.75 bits per heavy atom. The molecule has 1 aliphatic heterocycles. The molecule has 1 saturated heterocycles. The van der Waals surface area contributed by atoms with Crippen LogP contribution in [0.3, 0.4) is 0 Å². The van der Waals surface area contributed by atoms with Crippen molar-refractivity contribution in [3.05, 3.63) is 24.3 Å². The lowest BCUT2D eigenvalue weighted by atomic mass is 10.2. The molecule has 2 N–H and O–H groups in total. The van der Waals surface area contributed by atoms with Gasteiger partial charge in [0.1, 0.15) is 0 Å². The Morgan fingerprint density at radius 1 is 1.18 bits per heavy atom. The van der Waals surface area contributed by atoms with Crippen molar-refractivity contribution < 1.29 is 23.1 Å². The highest BCUT2D eigenvalue weighted by atomic mass is 35.5. The number of anilines is 1.